The smallest absolute Gasteiger partial charge is 0.264 e. The SMILES string of the molecule is Cn1ncc2c(=O)n(Cc3ccc(Cl)c(Cl)c3)cnc21. The quantitative estimate of drug-likeness (QED) is 0.731. The van der Waals surface area contributed by atoms with Crippen molar-refractivity contribution in [3.05, 3.63) is 56.7 Å². The van der Waals surface area contributed by atoms with E-state index < -0.39 is 0 Å². The van der Waals surface area contributed by atoms with Crippen LogP contribution >= 0.6 is 23.2 Å². The summed E-state index contributed by atoms with van der Waals surface area (Å²) in [5, 5.41) is 5.48. The Kier molecular flexibility index (Phi) is 3.23. The molecule has 102 valence electrons. The van der Waals surface area contributed by atoms with E-state index in [4.69, 9.17) is 23.2 Å². The highest BCUT2D eigenvalue weighted by atomic mass is 35.5. The zero-order valence-corrected chi connectivity index (χ0v) is 12.1. The van der Waals surface area contributed by atoms with Crippen LogP contribution in [0.15, 0.2) is 35.5 Å². The van der Waals surface area contributed by atoms with E-state index in [1.54, 1.807) is 23.9 Å². The van der Waals surface area contributed by atoms with Crippen LogP contribution in [-0.4, -0.2) is 19.3 Å². The molecular formula is C13H10Cl2N4O. The molecule has 0 aliphatic heterocycles. The van der Waals surface area contributed by atoms with Crippen LogP contribution in [-0.2, 0) is 13.6 Å². The molecular weight excluding hydrogens is 299 g/mol. The van der Waals surface area contributed by atoms with E-state index >= 15 is 0 Å². The summed E-state index contributed by atoms with van der Waals surface area (Å²) in [6, 6.07) is 5.28. The van der Waals surface area contributed by atoms with Gasteiger partial charge >= 0.3 is 0 Å². The summed E-state index contributed by atoms with van der Waals surface area (Å²) in [5.41, 5.74) is 1.32. The maximum Gasteiger partial charge on any atom is 0.264 e. The molecule has 3 aromatic rings. The Morgan fingerprint density at radius 3 is 2.80 bits per heavy atom. The van der Waals surface area contributed by atoms with Crippen molar-refractivity contribution in [3.8, 4) is 0 Å². The van der Waals surface area contributed by atoms with Crippen LogP contribution in [0.2, 0.25) is 10.0 Å². The number of hydrogen-bond acceptors (Lipinski definition) is 3. The number of rotatable bonds is 2. The number of hydrogen-bond donors (Lipinski definition) is 0. The Bertz CT molecular complexity index is 853. The molecule has 0 saturated heterocycles. The average Bonchev–Trinajstić information content (AvgIpc) is 2.80. The number of benzene rings is 1. The lowest BCUT2D eigenvalue weighted by Crippen LogP contribution is -2.21. The van der Waals surface area contributed by atoms with Crippen molar-refractivity contribution in [3.63, 3.8) is 0 Å². The van der Waals surface area contributed by atoms with Gasteiger partial charge in [-0.2, -0.15) is 5.10 Å². The maximum absolute atomic E-state index is 12.3. The van der Waals surface area contributed by atoms with Gasteiger partial charge in [-0.25, -0.2) is 4.98 Å². The lowest BCUT2D eigenvalue weighted by atomic mass is 10.2. The van der Waals surface area contributed by atoms with Gasteiger partial charge in [0.1, 0.15) is 11.7 Å². The normalized spacial score (nSPS) is 11.2. The van der Waals surface area contributed by atoms with Crippen molar-refractivity contribution in [2.45, 2.75) is 6.54 Å². The second-order valence-corrected chi connectivity index (χ2v) is 5.25. The topological polar surface area (TPSA) is 52.7 Å². The monoisotopic (exact) mass is 308 g/mol. The van der Waals surface area contributed by atoms with E-state index in [-0.39, 0.29) is 5.56 Å². The average molecular weight is 309 g/mol. The van der Waals surface area contributed by atoms with Gasteiger partial charge < -0.3 is 0 Å². The Balaban J connectivity index is 2.04. The van der Waals surface area contributed by atoms with Crippen LogP contribution in [0.3, 0.4) is 0 Å². The molecule has 0 spiro atoms. The number of fused-ring (bicyclic) bond motifs is 1. The summed E-state index contributed by atoms with van der Waals surface area (Å²) < 4.78 is 3.09. The fourth-order valence-electron chi connectivity index (χ4n) is 2.01. The predicted octanol–water partition coefficient (Wildman–Crippen LogP) is 2.49. The molecule has 0 saturated carbocycles. The minimum Gasteiger partial charge on any atom is -0.294 e. The van der Waals surface area contributed by atoms with Gasteiger partial charge in [-0.05, 0) is 17.7 Å². The molecule has 2 heterocycles. The molecule has 0 atom stereocenters. The van der Waals surface area contributed by atoms with Crippen molar-refractivity contribution in [2.24, 2.45) is 7.05 Å². The third-order valence-corrected chi connectivity index (χ3v) is 3.79. The van der Waals surface area contributed by atoms with Gasteiger partial charge in [-0.1, -0.05) is 29.3 Å². The second kappa shape index (κ2) is 4.92. The van der Waals surface area contributed by atoms with Gasteiger partial charge in [-0.3, -0.25) is 14.0 Å². The summed E-state index contributed by atoms with van der Waals surface area (Å²) in [5.74, 6) is 0. The highest BCUT2D eigenvalue weighted by molar-refractivity contribution is 6.42. The standard InChI is InChI=1S/C13H10Cl2N4O/c1-18-12-9(5-17-18)13(20)19(7-16-12)6-8-2-3-10(14)11(15)4-8/h2-5,7H,6H2,1H3. The summed E-state index contributed by atoms with van der Waals surface area (Å²) in [6.07, 6.45) is 3.03. The molecule has 20 heavy (non-hydrogen) atoms. The molecule has 0 radical (unpaired) electrons. The molecule has 7 heteroatoms. The van der Waals surface area contributed by atoms with Gasteiger partial charge in [-0.15, -0.1) is 0 Å². The molecule has 0 aliphatic rings. The zero-order chi connectivity index (χ0) is 14.3. The minimum absolute atomic E-state index is 0.130. The zero-order valence-electron chi connectivity index (χ0n) is 10.5. The lowest BCUT2D eigenvalue weighted by molar-refractivity contribution is 0.737. The first kappa shape index (κ1) is 13.1. The fourth-order valence-corrected chi connectivity index (χ4v) is 2.33. The van der Waals surface area contributed by atoms with Crippen molar-refractivity contribution >= 4 is 34.2 Å². The lowest BCUT2D eigenvalue weighted by Gasteiger charge is -2.06. The van der Waals surface area contributed by atoms with Crippen LogP contribution < -0.4 is 5.56 Å². The number of nitrogens with zero attached hydrogens (tertiary/aromatic N) is 4. The molecule has 0 N–H and O–H groups in total. The first-order valence-corrected chi connectivity index (χ1v) is 6.63. The predicted molar refractivity (Wildman–Crippen MR) is 78.3 cm³/mol. The number of aryl methyl sites for hydroxylation is 1. The minimum atomic E-state index is -0.130. The van der Waals surface area contributed by atoms with E-state index in [1.165, 1.54) is 17.1 Å². The summed E-state index contributed by atoms with van der Waals surface area (Å²) >= 11 is 11.8. The maximum atomic E-state index is 12.3. The van der Waals surface area contributed by atoms with Crippen LogP contribution in [0.5, 0.6) is 0 Å². The molecule has 3 rings (SSSR count). The van der Waals surface area contributed by atoms with E-state index in [0.717, 1.165) is 5.56 Å². The third-order valence-electron chi connectivity index (χ3n) is 3.06. The Labute approximate surface area is 124 Å². The molecule has 2 aromatic heterocycles. The van der Waals surface area contributed by atoms with Gasteiger partial charge in [0.2, 0.25) is 0 Å². The molecule has 1 aromatic carbocycles. The molecule has 0 fully saturated rings. The fraction of sp³-hybridized carbons (Fsp3) is 0.154. The van der Waals surface area contributed by atoms with Crippen molar-refractivity contribution in [1.82, 2.24) is 19.3 Å². The molecule has 0 aliphatic carbocycles. The van der Waals surface area contributed by atoms with E-state index in [9.17, 15) is 4.79 Å². The van der Waals surface area contributed by atoms with Crippen molar-refractivity contribution < 1.29 is 0 Å². The second-order valence-electron chi connectivity index (χ2n) is 4.43. The number of aromatic nitrogens is 4. The van der Waals surface area contributed by atoms with Crippen LogP contribution in [0.25, 0.3) is 11.0 Å². The van der Waals surface area contributed by atoms with Gasteiger partial charge in [0.15, 0.2) is 5.65 Å². The van der Waals surface area contributed by atoms with Crippen LogP contribution in [0.4, 0.5) is 0 Å². The summed E-state index contributed by atoms with van der Waals surface area (Å²) in [4.78, 5) is 16.6. The number of halogens is 2. The van der Waals surface area contributed by atoms with E-state index in [0.29, 0.717) is 27.6 Å². The van der Waals surface area contributed by atoms with Crippen molar-refractivity contribution in [1.29, 1.82) is 0 Å². The molecule has 0 bridgehead atoms. The first-order chi connectivity index (χ1) is 9.56. The molecule has 0 unspecified atom stereocenters. The Morgan fingerprint density at radius 1 is 1.25 bits per heavy atom. The summed E-state index contributed by atoms with van der Waals surface area (Å²) in [6.45, 7) is 0.382. The highest BCUT2D eigenvalue weighted by Crippen LogP contribution is 2.22. The van der Waals surface area contributed by atoms with E-state index in [2.05, 4.69) is 10.1 Å². The Hall–Kier alpha value is -1.85. The van der Waals surface area contributed by atoms with Gasteiger partial charge in [0.05, 0.1) is 22.8 Å². The highest BCUT2D eigenvalue weighted by Gasteiger charge is 2.08. The summed E-state index contributed by atoms with van der Waals surface area (Å²) in [7, 11) is 1.75. The van der Waals surface area contributed by atoms with Crippen molar-refractivity contribution in [2.75, 3.05) is 0 Å². The van der Waals surface area contributed by atoms with E-state index in [1.807, 2.05) is 6.07 Å². The van der Waals surface area contributed by atoms with Gasteiger partial charge in [0.25, 0.3) is 5.56 Å². The Morgan fingerprint density at radius 2 is 2.05 bits per heavy atom. The first-order valence-electron chi connectivity index (χ1n) is 5.87. The third kappa shape index (κ3) is 2.19. The molecule has 5 nitrogen and oxygen atoms in total. The molecule has 0 amide bonds. The van der Waals surface area contributed by atoms with Gasteiger partial charge in [0, 0.05) is 7.05 Å². The van der Waals surface area contributed by atoms with Crippen LogP contribution in [0, 0.1) is 0 Å². The van der Waals surface area contributed by atoms with Crippen LogP contribution in [0.1, 0.15) is 5.56 Å². The largest absolute Gasteiger partial charge is 0.294 e.